The second-order valence-electron chi connectivity index (χ2n) is 4.34. The van der Waals surface area contributed by atoms with Crippen LogP contribution >= 0.6 is 0 Å². The molecule has 18 heavy (non-hydrogen) atoms. The number of fused-ring (bicyclic) bond motifs is 1. The van der Waals surface area contributed by atoms with Gasteiger partial charge in [0.1, 0.15) is 6.61 Å². The number of rotatable bonds is 2. The summed E-state index contributed by atoms with van der Waals surface area (Å²) in [4.78, 5) is 25.4. The lowest BCUT2D eigenvalue weighted by molar-refractivity contribution is -0.122. The quantitative estimate of drug-likeness (QED) is 0.857. The normalized spacial score (nSPS) is 18.9. The van der Waals surface area contributed by atoms with Crippen molar-refractivity contribution in [2.75, 3.05) is 30.5 Å². The summed E-state index contributed by atoms with van der Waals surface area (Å²) in [5.41, 5.74) is 1.38. The van der Waals surface area contributed by atoms with E-state index in [4.69, 9.17) is 4.74 Å². The summed E-state index contributed by atoms with van der Waals surface area (Å²) in [5, 5.41) is 2.83. The average molecular weight is 248 g/mol. The molecule has 1 aromatic rings. The van der Waals surface area contributed by atoms with Crippen LogP contribution in [0.4, 0.5) is 11.4 Å². The number of carbonyl (C=O) groups is 2. The Balaban J connectivity index is 2.39. The summed E-state index contributed by atoms with van der Waals surface area (Å²) >= 11 is 0. The van der Waals surface area contributed by atoms with Gasteiger partial charge in [0.05, 0.1) is 17.3 Å². The third-order valence-electron chi connectivity index (χ3n) is 2.93. The van der Waals surface area contributed by atoms with Gasteiger partial charge in [0.25, 0.3) is 5.91 Å². The smallest absolute Gasteiger partial charge is 0.253 e. The molecular formula is C13H16N2O3. The van der Waals surface area contributed by atoms with Crippen molar-refractivity contribution in [1.29, 1.82) is 0 Å². The molecule has 0 fully saturated rings. The summed E-state index contributed by atoms with van der Waals surface area (Å²) in [6.45, 7) is 2.18. The van der Waals surface area contributed by atoms with Crippen LogP contribution in [-0.2, 0) is 14.3 Å². The molecule has 0 spiro atoms. The Bertz CT molecular complexity index is 473. The minimum atomic E-state index is -0.252. The molecule has 1 aromatic carbocycles. The van der Waals surface area contributed by atoms with E-state index in [0.29, 0.717) is 12.2 Å². The highest BCUT2D eigenvalue weighted by atomic mass is 16.5. The van der Waals surface area contributed by atoms with Gasteiger partial charge in [0.15, 0.2) is 0 Å². The van der Waals surface area contributed by atoms with Crippen LogP contribution in [0.5, 0.6) is 0 Å². The summed E-state index contributed by atoms with van der Waals surface area (Å²) in [5.74, 6) is -0.471. The fourth-order valence-electron chi connectivity index (χ4n) is 1.96. The number of para-hydroxylation sites is 2. The van der Waals surface area contributed by atoms with Crippen LogP contribution in [0, 0.1) is 5.92 Å². The maximum atomic E-state index is 12.0. The van der Waals surface area contributed by atoms with Gasteiger partial charge in [-0.15, -0.1) is 0 Å². The van der Waals surface area contributed by atoms with Crippen molar-refractivity contribution in [3.05, 3.63) is 24.3 Å². The van der Waals surface area contributed by atoms with Gasteiger partial charge in [-0.1, -0.05) is 19.1 Å². The Hall–Kier alpha value is -1.88. The zero-order chi connectivity index (χ0) is 13.1. The molecule has 0 saturated carbocycles. The van der Waals surface area contributed by atoms with Crippen LogP contribution in [-0.4, -0.2) is 32.1 Å². The zero-order valence-electron chi connectivity index (χ0n) is 10.5. The van der Waals surface area contributed by atoms with Crippen molar-refractivity contribution in [2.24, 2.45) is 5.92 Å². The van der Waals surface area contributed by atoms with Gasteiger partial charge in [0.2, 0.25) is 5.91 Å². The molecule has 5 nitrogen and oxygen atoms in total. The van der Waals surface area contributed by atoms with Gasteiger partial charge in [0, 0.05) is 13.7 Å². The van der Waals surface area contributed by atoms with E-state index in [1.54, 1.807) is 17.9 Å². The lowest BCUT2D eigenvalue weighted by Gasteiger charge is -2.23. The fraction of sp³-hybridized carbons (Fsp3) is 0.385. The van der Waals surface area contributed by atoms with E-state index in [2.05, 4.69) is 5.32 Å². The molecule has 1 atom stereocenters. The number of hydrogen-bond acceptors (Lipinski definition) is 3. The van der Waals surface area contributed by atoms with Crippen LogP contribution in [0.15, 0.2) is 24.3 Å². The fourth-order valence-corrected chi connectivity index (χ4v) is 1.96. The second-order valence-corrected chi connectivity index (χ2v) is 4.34. The van der Waals surface area contributed by atoms with Crippen LogP contribution < -0.4 is 10.2 Å². The first kappa shape index (κ1) is 12.6. The first-order valence-corrected chi connectivity index (χ1v) is 5.82. The molecule has 1 aliphatic heterocycles. The summed E-state index contributed by atoms with van der Waals surface area (Å²) in [6, 6.07) is 7.28. The van der Waals surface area contributed by atoms with E-state index in [1.807, 2.05) is 18.2 Å². The number of nitrogens with zero attached hydrogens (tertiary/aromatic N) is 1. The van der Waals surface area contributed by atoms with Crippen molar-refractivity contribution < 1.29 is 14.3 Å². The standard InChI is InChI=1S/C13H16N2O3/c1-9-7-15(12(16)8-18-2)11-6-4-3-5-10(11)14-13(9)17/h3-6,9H,7-8H2,1-2H3,(H,14,17)/t9-/m0/s1. The van der Waals surface area contributed by atoms with Gasteiger partial charge < -0.3 is 15.0 Å². The van der Waals surface area contributed by atoms with Crippen LogP contribution in [0.2, 0.25) is 0 Å². The molecule has 2 amide bonds. The summed E-state index contributed by atoms with van der Waals surface area (Å²) in [6.07, 6.45) is 0. The molecule has 5 heteroatoms. The number of carbonyl (C=O) groups excluding carboxylic acids is 2. The van der Waals surface area contributed by atoms with Gasteiger partial charge >= 0.3 is 0 Å². The molecule has 1 N–H and O–H groups in total. The lowest BCUT2D eigenvalue weighted by Crippen LogP contribution is -2.37. The van der Waals surface area contributed by atoms with Crippen molar-refractivity contribution in [1.82, 2.24) is 0 Å². The van der Waals surface area contributed by atoms with Crippen LogP contribution in [0.1, 0.15) is 6.92 Å². The number of anilines is 2. The third kappa shape index (κ3) is 2.36. The van der Waals surface area contributed by atoms with Crippen molar-refractivity contribution in [2.45, 2.75) is 6.92 Å². The van der Waals surface area contributed by atoms with E-state index >= 15 is 0 Å². The van der Waals surface area contributed by atoms with Crippen LogP contribution in [0.25, 0.3) is 0 Å². The highest BCUT2D eigenvalue weighted by Crippen LogP contribution is 2.29. The average Bonchev–Trinajstić information content (AvgIpc) is 2.48. The molecule has 0 aromatic heterocycles. The largest absolute Gasteiger partial charge is 0.375 e. The topological polar surface area (TPSA) is 58.6 Å². The minimum Gasteiger partial charge on any atom is -0.375 e. The van der Waals surface area contributed by atoms with Crippen molar-refractivity contribution in [3.8, 4) is 0 Å². The maximum absolute atomic E-state index is 12.0. The van der Waals surface area contributed by atoms with E-state index < -0.39 is 0 Å². The Morgan fingerprint density at radius 3 is 2.94 bits per heavy atom. The van der Waals surface area contributed by atoms with Gasteiger partial charge in [-0.2, -0.15) is 0 Å². The van der Waals surface area contributed by atoms with Crippen molar-refractivity contribution in [3.63, 3.8) is 0 Å². The Morgan fingerprint density at radius 1 is 1.50 bits per heavy atom. The molecule has 1 aliphatic rings. The molecule has 0 bridgehead atoms. The van der Waals surface area contributed by atoms with E-state index in [1.165, 1.54) is 7.11 Å². The summed E-state index contributed by atoms with van der Waals surface area (Å²) in [7, 11) is 1.48. The zero-order valence-corrected chi connectivity index (χ0v) is 10.5. The highest BCUT2D eigenvalue weighted by molar-refractivity contribution is 6.04. The monoisotopic (exact) mass is 248 g/mol. The minimum absolute atomic E-state index is 0.00917. The number of ether oxygens (including phenoxy) is 1. The molecule has 0 saturated heterocycles. The first-order valence-electron chi connectivity index (χ1n) is 5.82. The molecule has 1 heterocycles. The Kier molecular flexibility index (Phi) is 3.62. The maximum Gasteiger partial charge on any atom is 0.253 e. The molecule has 0 aliphatic carbocycles. The van der Waals surface area contributed by atoms with Gasteiger partial charge in [-0.25, -0.2) is 0 Å². The second kappa shape index (κ2) is 5.18. The van der Waals surface area contributed by atoms with E-state index in [9.17, 15) is 9.59 Å². The Morgan fingerprint density at radius 2 is 2.22 bits per heavy atom. The molecular weight excluding hydrogens is 232 g/mol. The number of methoxy groups -OCH3 is 1. The highest BCUT2D eigenvalue weighted by Gasteiger charge is 2.28. The number of nitrogens with one attached hydrogen (secondary N) is 1. The van der Waals surface area contributed by atoms with Crippen molar-refractivity contribution >= 4 is 23.2 Å². The molecule has 0 radical (unpaired) electrons. The predicted molar refractivity (Wildman–Crippen MR) is 68.5 cm³/mol. The summed E-state index contributed by atoms with van der Waals surface area (Å²) < 4.78 is 4.88. The molecule has 2 rings (SSSR count). The number of amides is 2. The van der Waals surface area contributed by atoms with Crippen LogP contribution in [0.3, 0.4) is 0 Å². The van der Waals surface area contributed by atoms with E-state index in [-0.39, 0.29) is 24.3 Å². The number of hydrogen-bond donors (Lipinski definition) is 1. The van der Waals surface area contributed by atoms with E-state index in [0.717, 1.165) is 5.69 Å². The Labute approximate surface area is 106 Å². The first-order chi connectivity index (χ1) is 8.63. The SMILES string of the molecule is COCC(=O)N1C[C@H](C)C(=O)Nc2ccccc21. The molecule has 96 valence electrons. The number of benzene rings is 1. The lowest BCUT2D eigenvalue weighted by atomic mass is 10.1. The molecule has 0 unspecified atom stereocenters. The predicted octanol–water partition coefficient (Wildman–Crippen LogP) is 1.25. The third-order valence-corrected chi connectivity index (χ3v) is 2.93. The van der Waals surface area contributed by atoms with Gasteiger partial charge in [-0.3, -0.25) is 9.59 Å². The van der Waals surface area contributed by atoms with Gasteiger partial charge in [-0.05, 0) is 12.1 Å².